The third kappa shape index (κ3) is 3.57. The molecular weight excluding hydrogens is 342 g/mol. The van der Waals surface area contributed by atoms with Crippen LogP contribution in [0, 0.1) is 5.92 Å². The predicted octanol–water partition coefficient (Wildman–Crippen LogP) is 3.91. The van der Waals surface area contributed by atoms with E-state index in [0.29, 0.717) is 0 Å². The Labute approximate surface area is 162 Å². The van der Waals surface area contributed by atoms with E-state index in [0.717, 1.165) is 49.5 Å². The zero-order chi connectivity index (χ0) is 19.6. The van der Waals surface area contributed by atoms with Crippen LogP contribution in [0.5, 0.6) is 11.5 Å². The van der Waals surface area contributed by atoms with Gasteiger partial charge in [-0.1, -0.05) is 19.9 Å². The quantitative estimate of drug-likeness (QED) is 0.708. The molecule has 3 atom stereocenters. The number of ether oxygens (including phenoxy) is 3. The minimum Gasteiger partial charge on any atom is -0.493 e. The number of rotatable bonds is 6. The van der Waals surface area contributed by atoms with Crippen molar-refractivity contribution in [3.63, 3.8) is 0 Å². The fourth-order valence-electron chi connectivity index (χ4n) is 4.34. The van der Waals surface area contributed by atoms with Crippen molar-refractivity contribution < 1.29 is 19.0 Å². The molecule has 148 valence electrons. The molecule has 1 aliphatic heterocycles. The second kappa shape index (κ2) is 7.93. The Kier molecular flexibility index (Phi) is 5.80. The van der Waals surface area contributed by atoms with Gasteiger partial charge in [-0.05, 0) is 56.6 Å². The fourth-order valence-corrected chi connectivity index (χ4v) is 4.34. The summed E-state index contributed by atoms with van der Waals surface area (Å²) in [6.45, 7) is 4.94. The van der Waals surface area contributed by atoms with Crippen LogP contribution in [0.4, 0.5) is 0 Å². The summed E-state index contributed by atoms with van der Waals surface area (Å²) in [7, 11) is 5.47. The van der Waals surface area contributed by atoms with Crippen molar-refractivity contribution in [2.45, 2.75) is 51.0 Å². The lowest BCUT2D eigenvalue weighted by molar-refractivity contribution is -0.144. The van der Waals surface area contributed by atoms with Crippen molar-refractivity contribution in [1.29, 1.82) is 0 Å². The first-order valence-electron chi connectivity index (χ1n) is 9.80. The maximum Gasteiger partial charge on any atom is 0.313 e. The van der Waals surface area contributed by atoms with Crippen LogP contribution in [-0.4, -0.2) is 44.7 Å². The highest BCUT2D eigenvalue weighted by Gasteiger charge is 2.48. The number of esters is 1. The molecule has 1 fully saturated rings. The number of hydrogen-bond acceptors (Lipinski definition) is 5. The SMILES string of the molecule is CCC(C)C(=O)OC1=C[C@@H]2N(C)CC[C@]2(c2ccc(OC)c(OC)c2)CC1. The number of carbonyl (C=O) groups excluding carboxylic acids is 1. The summed E-state index contributed by atoms with van der Waals surface area (Å²) in [5, 5.41) is 0. The number of carbonyl (C=O) groups is 1. The van der Waals surface area contributed by atoms with Gasteiger partial charge in [-0.2, -0.15) is 0 Å². The molecule has 5 heteroatoms. The molecule has 3 rings (SSSR count). The number of likely N-dealkylation sites (N-methyl/N-ethyl adjacent to an activating group) is 1. The van der Waals surface area contributed by atoms with Gasteiger partial charge in [-0.15, -0.1) is 0 Å². The van der Waals surface area contributed by atoms with E-state index >= 15 is 0 Å². The number of fused-ring (bicyclic) bond motifs is 1. The zero-order valence-corrected chi connectivity index (χ0v) is 17.1. The Morgan fingerprint density at radius 1 is 1.26 bits per heavy atom. The molecule has 0 bridgehead atoms. The third-order valence-corrected chi connectivity index (χ3v) is 6.32. The largest absolute Gasteiger partial charge is 0.493 e. The maximum absolute atomic E-state index is 12.2. The average Bonchev–Trinajstić information content (AvgIpc) is 3.04. The summed E-state index contributed by atoms with van der Waals surface area (Å²) in [5.41, 5.74) is 1.28. The number of allylic oxidation sites excluding steroid dienone is 1. The number of nitrogens with zero attached hydrogens (tertiary/aromatic N) is 1. The highest BCUT2D eigenvalue weighted by atomic mass is 16.5. The van der Waals surface area contributed by atoms with E-state index in [1.54, 1.807) is 14.2 Å². The molecule has 0 amide bonds. The van der Waals surface area contributed by atoms with E-state index in [4.69, 9.17) is 14.2 Å². The van der Waals surface area contributed by atoms with Gasteiger partial charge in [-0.3, -0.25) is 9.69 Å². The zero-order valence-electron chi connectivity index (χ0n) is 17.1. The van der Waals surface area contributed by atoms with Crippen LogP contribution in [0.3, 0.4) is 0 Å². The summed E-state index contributed by atoms with van der Waals surface area (Å²) in [4.78, 5) is 14.6. The Hall–Kier alpha value is -2.01. The number of hydrogen-bond donors (Lipinski definition) is 0. The van der Waals surface area contributed by atoms with Crippen LogP contribution in [-0.2, 0) is 14.9 Å². The van der Waals surface area contributed by atoms with E-state index in [9.17, 15) is 4.79 Å². The van der Waals surface area contributed by atoms with Crippen LogP contribution < -0.4 is 9.47 Å². The molecule has 1 aliphatic carbocycles. The highest BCUT2D eigenvalue weighted by Crippen LogP contribution is 2.49. The summed E-state index contributed by atoms with van der Waals surface area (Å²) in [5.74, 6) is 2.13. The smallest absolute Gasteiger partial charge is 0.313 e. The molecule has 5 nitrogen and oxygen atoms in total. The van der Waals surface area contributed by atoms with Crippen LogP contribution >= 0.6 is 0 Å². The summed E-state index contributed by atoms with van der Waals surface area (Å²) in [6.07, 6.45) is 5.77. The topological polar surface area (TPSA) is 48.0 Å². The highest BCUT2D eigenvalue weighted by molar-refractivity contribution is 5.73. The minimum atomic E-state index is -0.122. The molecular formula is C22H31NO4. The second-order valence-corrected chi connectivity index (χ2v) is 7.76. The lowest BCUT2D eigenvalue weighted by Crippen LogP contribution is -2.42. The van der Waals surface area contributed by atoms with Crippen LogP contribution in [0.15, 0.2) is 30.0 Å². The number of likely N-dealkylation sites (tertiary alicyclic amines) is 1. The summed E-state index contributed by atoms with van der Waals surface area (Å²) < 4.78 is 16.6. The lowest BCUT2D eigenvalue weighted by atomic mass is 9.68. The molecule has 1 aromatic rings. The first-order chi connectivity index (χ1) is 12.9. The first kappa shape index (κ1) is 19.7. The number of methoxy groups -OCH3 is 2. The van der Waals surface area contributed by atoms with Crippen molar-refractivity contribution in [2.75, 3.05) is 27.8 Å². The van der Waals surface area contributed by atoms with Crippen LogP contribution in [0.25, 0.3) is 0 Å². The second-order valence-electron chi connectivity index (χ2n) is 7.76. The minimum absolute atomic E-state index is 0.0145. The third-order valence-electron chi connectivity index (χ3n) is 6.32. The molecule has 0 spiro atoms. The van der Waals surface area contributed by atoms with Gasteiger partial charge in [0.2, 0.25) is 0 Å². The van der Waals surface area contributed by atoms with Crippen molar-refractivity contribution in [2.24, 2.45) is 5.92 Å². The van der Waals surface area contributed by atoms with Gasteiger partial charge in [0.15, 0.2) is 11.5 Å². The average molecular weight is 373 g/mol. The van der Waals surface area contributed by atoms with E-state index in [1.807, 2.05) is 19.9 Å². The molecule has 0 aromatic heterocycles. The Morgan fingerprint density at radius 2 is 2.00 bits per heavy atom. The van der Waals surface area contributed by atoms with Gasteiger partial charge >= 0.3 is 5.97 Å². The Morgan fingerprint density at radius 3 is 2.67 bits per heavy atom. The molecule has 1 saturated heterocycles. The molecule has 27 heavy (non-hydrogen) atoms. The van der Waals surface area contributed by atoms with Crippen molar-refractivity contribution in [3.05, 3.63) is 35.6 Å². The predicted molar refractivity (Wildman–Crippen MR) is 105 cm³/mol. The molecule has 0 radical (unpaired) electrons. The van der Waals surface area contributed by atoms with Gasteiger partial charge in [0.1, 0.15) is 5.76 Å². The lowest BCUT2D eigenvalue weighted by Gasteiger charge is -2.40. The summed E-state index contributed by atoms with van der Waals surface area (Å²) in [6, 6.07) is 6.46. The summed E-state index contributed by atoms with van der Waals surface area (Å²) >= 11 is 0. The van der Waals surface area contributed by atoms with Gasteiger partial charge in [0, 0.05) is 17.9 Å². The monoisotopic (exact) mass is 373 g/mol. The molecule has 2 aliphatic rings. The number of benzene rings is 1. The first-order valence-corrected chi connectivity index (χ1v) is 9.80. The van der Waals surface area contributed by atoms with Gasteiger partial charge < -0.3 is 14.2 Å². The van der Waals surface area contributed by atoms with Gasteiger partial charge in [-0.25, -0.2) is 0 Å². The van der Waals surface area contributed by atoms with Crippen molar-refractivity contribution in [1.82, 2.24) is 4.90 Å². The van der Waals surface area contributed by atoms with E-state index in [-0.39, 0.29) is 23.3 Å². The van der Waals surface area contributed by atoms with Crippen LogP contribution in [0.1, 0.15) is 45.1 Å². The molecule has 1 unspecified atom stereocenters. The van der Waals surface area contributed by atoms with E-state index < -0.39 is 0 Å². The van der Waals surface area contributed by atoms with Crippen LogP contribution in [0.2, 0.25) is 0 Å². The van der Waals surface area contributed by atoms with E-state index in [1.165, 1.54) is 5.56 Å². The van der Waals surface area contributed by atoms with E-state index in [2.05, 4.69) is 30.2 Å². The maximum atomic E-state index is 12.2. The molecule has 0 saturated carbocycles. The van der Waals surface area contributed by atoms with Gasteiger partial charge in [0.25, 0.3) is 0 Å². The van der Waals surface area contributed by atoms with Crippen molar-refractivity contribution >= 4 is 5.97 Å². The standard InChI is InChI=1S/C22H31NO4/c1-6-15(2)21(24)27-17-9-10-22(11-12-23(3)20(22)14-17)16-7-8-18(25-4)19(13-16)26-5/h7-8,13-15,20H,6,9-12H2,1-5H3/t15?,20-,22-/m0/s1. The van der Waals surface area contributed by atoms with Gasteiger partial charge in [0.05, 0.1) is 20.1 Å². The molecule has 1 heterocycles. The molecule has 0 N–H and O–H groups in total. The van der Waals surface area contributed by atoms with Crippen molar-refractivity contribution in [3.8, 4) is 11.5 Å². The normalized spacial score (nSPS) is 26.1. The molecule has 1 aromatic carbocycles. The Balaban J connectivity index is 1.91. The fraction of sp³-hybridized carbons (Fsp3) is 0.591. The Bertz CT molecular complexity index is 729.